The van der Waals surface area contributed by atoms with Gasteiger partial charge in [0.15, 0.2) is 17.3 Å². The van der Waals surface area contributed by atoms with Crippen LogP contribution in [0.1, 0.15) is 39.9 Å². The van der Waals surface area contributed by atoms with Crippen molar-refractivity contribution >= 4 is 29.1 Å². The average Bonchev–Trinajstić information content (AvgIpc) is 3.74. The predicted octanol–water partition coefficient (Wildman–Crippen LogP) is 3.15. The van der Waals surface area contributed by atoms with E-state index in [1.54, 1.807) is 24.3 Å². The molecule has 0 bridgehead atoms. The Bertz CT molecular complexity index is 1210. The van der Waals surface area contributed by atoms with Crippen LogP contribution in [0, 0.1) is 0 Å². The third-order valence-corrected chi connectivity index (χ3v) is 7.04. The van der Waals surface area contributed by atoms with E-state index in [0.29, 0.717) is 30.2 Å². The lowest BCUT2D eigenvalue weighted by Crippen LogP contribution is -2.47. The minimum atomic E-state index is -1.01. The second kappa shape index (κ2) is 13.1. The van der Waals surface area contributed by atoms with Gasteiger partial charge in [0.25, 0.3) is 5.91 Å². The molecule has 38 heavy (non-hydrogen) atoms. The van der Waals surface area contributed by atoms with Crippen molar-refractivity contribution in [3.05, 3.63) is 70.3 Å². The fourth-order valence-corrected chi connectivity index (χ4v) is 4.96. The van der Waals surface area contributed by atoms with Crippen molar-refractivity contribution in [2.45, 2.75) is 31.5 Å². The van der Waals surface area contributed by atoms with Crippen molar-refractivity contribution in [3.63, 3.8) is 0 Å². The molecule has 2 atom stereocenters. The molecule has 1 fully saturated rings. The average molecular weight is 542 g/mol. The van der Waals surface area contributed by atoms with E-state index in [1.165, 1.54) is 42.8 Å². The summed E-state index contributed by atoms with van der Waals surface area (Å²) in [5.74, 6) is -0.313. The number of nitrogens with zero attached hydrogens (tertiary/aromatic N) is 1. The monoisotopic (exact) mass is 541 g/mol. The first-order valence-electron chi connectivity index (χ1n) is 12.2. The third-order valence-electron chi connectivity index (χ3n) is 6.18. The lowest BCUT2D eigenvalue weighted by Gasteiger charge is -2.32. The zero-order valence-electron chi connectivity index (χ0n) is 21.3. The molecule has 2 N–H and O–H groups in total. The third kappa shape index (κ3) is 6.73. The number of nitrogens with one attached hydrogen (secondary N) is 2. The molecule has 11 heteroatoms. The summed E-state index contributed by atoms with van der Waals surface area (Å²) in [5, 5.41) is 7.46. The smallest absolute Gasteiger partial charge is 0.287 e. The SMILES string of the molecule is COc1ccc([C@H](C(=O)NC[C@H]2CCCO2)N(Cc2cccs2)C(=O)CNC(=O)c2ccco2)cc1OC. The molecular weight excluding hydrogens is 510 g/mol. The van der Waals surface area contributed by atoms with Crippen LogP contribution in [0.2, 0.25) is 0 Å². The zero-order chi connectivity index (χ0) is 26.9. The molecule has 1 aromatic carbocycles. The number of benzene rings is 1. The minimum Gasteiger partial charge on any atom is -0.493 e. The maximum absolute atomic E-state index is 13.7. The number of carbonyl (C=O) groups is 3. The van der Waals surface area contributed by atoms with Gasteiger partial charge in [0, 0.05) is 18.0 Å². The van der Waals surface area contributed by atoms with Gasteiger partial charge in [0.05, 0.1) is 39.7 Å². The molecule has 3 heterocycles. The van der Waals surface area contributed by atoms with E-state index in [2.05, 4.69) is 10.6 Å². The van der Waals surface area contributed by atoms with Gasteiger partial charge in [-0.3, -0.25) is 14.4 Å². The number of amides is 3. The number of ether oxygens (including phenoxy) is 3. The molecule has 0 saturated carbocycles. The Morgan fingerprint density at radius 3 is 2.61 bits per heavy atom. The van der Waals surface area contributed by atoms with Crippen molar-refractivity contribution in [1.82, 2.24) is 15.5 Å². The van der Waals surface area contributed by atoms with E-state index in [0.717, 1.165) is 17.7 Å². The second-order valence-electron chi connectivity index (χ2n) is 8.66. The van der Waals surface area contributed by atoms with Gasteiger partial charge < -0.3 is 34.2 Å². The Balaban J connectivity index is 1.64. The molecule has 10 nitrogen and oxygen atoms in total. The fraction of sp³-hybridized carbons (Fsp3) is 0.370. The molecule has 4 rings (SSSR count). The Kier molecular flexibility index (Phi) is 9.39. The highest BCUT2D eigenvalue weighted by atomic mass is 32.1. The van der Waals surface area contributed by atoms with Crippen molar-refractivity contribution < 1.29 is 33.0 Å². The normalized spacial score (nSPS) is 15.5. The summed E-state index contributed by atoms with van der Waals surface area (Å²) in [6.45, 7) is 0.837. The minimum absolute atomic E-state index is 0.0703. The maximum atomic E-state index is 13.7. The maximum Gasteiger partial charge on any atom is 0.287 e. The van der Waals surface area contributed by atoms with E-state index in [1.807, 2.05) is 17.5 Å². The van der Waals surface area contributed by atoms with Crippen LogP contribution in [0.4, 0.5) is 0 Å². The van der Waals surface area contributed by atoms with E-state index < -0.39 is 17.9 Å². The number of hydrogen-bond acceptors (Lipinski definition) is 8. The van der Waals surface area contributed by atoms with Crippen LogP contribution in [0.15, 0.2) is 58.5 Å². The lowest BCUT2D eigenvalue weighted by atomic mass is 10.0. The molecule has 1 aliphatic rings. The summed E-state index contributed by atoms with van der Waals surface area (Å²) in [4.78, 5) is 42.1. The Morgan fingerprint density at radius 1 is 1.11 bits per heavy atom. The summed E-state index contributed by atoms with van der Waals surface area (Å²) in [7, 11) is 3.03. The Morgan fingerprint density at radius 2 is 1.95 bits per heavy atom. The summed E-state index contributed by atoms with van der Waals surface area (Å²) < 4.78 is 21.6. The molecule has 0 spiro atoms. The number of methoxy groups -OCH3 is 2. The van der Waals surface area contributed by atoms with Gasteiger partial charge in [-0.15, -0.1) is 11.3 Å². The number of rotatable bonds is 12. The van der Waals surface area contributed by atoms with Crippen molar-refractivity contribution in [2.24, 2.45) is 0 Å². The molecule has 3 aromatic rings. The largest absolute Gasteiger partial charge is 0.493 e. The first-order chi connectivity index (χ1) is 18.5. The Labute approximate surface area is 224 Å². The van der Waals surface area contributed by atoms with Gasteiger partial charge in [-0.05, 0) is 54.1 Å². The molecule has 0 aliphatic carbocycles. The van der Waals surface area contributed by atoms with Gasteiger partial charge in [-0.25, -0.2) is 0 Å². The van der Waals surface area contributed by atoms with Gasteiger partial charge in [-0.2, -0.15) is 0 Å². The van der Waals surface area contributed by atoms with Crippen LogP contribution in [0.3, 0.4) is 0 Å². The first-order valence-corrected chi connectivity index (χ1v) is 13.1. The second-order valence-corrected chi connectivity index (χ2v) is 9.69. The number of thiophene rings is 1. The van der Waals surface area contributed by atoms with Crippen LogP contribution in [0.25, 0.3) is 0 Å². The molecular formula is C27H31N3O7S. The van der Waals surface area contributed by atoms with Gasteiger partial charge in [0.1, 0.15) is 6.04 Å². The summed E-state index contributed by atoms with van der Waals surface area (Å²) in [6, 6.07) is 11.0. The molecule has 0 unspecified atom stereocenters. The van der Waals surface area contributed by atoms with Gasteiger partial charge >= 0.3 is 0 Å². The van der Waals surface area contributed by atoms with Gasteiger partial charge in [-0.1, -0.05) is 12.1 Å². The topological polar surface area (TPSA) is 119 Å². The van der Waals surface area contributed by atoms with Crippen molar-refractivity contribution in [3.8, 4) is 11.5 Å². The Hall–Kier alpha value is -3.83. The number of furan rings is 1. The molecule has 0 radical (unpaired) electrons. The van der Waals surface area contributed by atoms with Crippen LogP contribution >= 0.6 is 11.3 Å². The molecule has 202 valence electrons. The zero-order valence-corrected chi connectivity index (χ0v) is 22.1. The van der Waals surface area contributed by atoms with E-state index >= 15 is 0 Å². The van der Waals surface area contributed by atoms with E-state index in [-0.39, 0.29) is 30.9 Å². The highest BCUT2D eigenvalue weighted by Crippen LogP contribution is 2.33. The van der Waals surface area contributed by atoms with E-state index in [4.69, 9.17) is 18.6 Å². The lowest BCUT2D eigenvalue weighted by molar-refractivity contribution is -0.141. The molecule has 1 aliphatic heterocycles. The number of hydrogen-bond donors (Lipinski definition) is 2. The fourth-order valence-electron chi connectivity index (χ4n) is 4.26. The highest BCUT2D eigenvalue weighted by Gasteiger charge is 2.33. The van der Waals surface area contributed by atoms with Gasteiger partial charge in [0.2, 0.25) is 11.8 Å². The number of carbonyl (C=O) groups excluding carboxylic acids is 3. The summed E-state index contributed by atoms with van der Waals surface area (Å²) >= 11 is 1.47. The van der Waals surface area contributed by atoms with Crippen LogP contribution < -0.4 is 20.1 Å². The first kappa shape index (κ1) is 27.2. The van der Waals surface area contributed by atoms with Crippen molar-refractivity contribution in [2.75, 3.05) is 33.9 Å². The molecule has 3 amide bonds. The van der Waals surface area contributed by atoms with Crippen LogP contribution in [-0.4, -0.2) is 62.6 Å². The van der Waals surface area contributed by atoms with Crippen molar-refractivity contribution in [1.29, 1.82) is 0 Å². The molecule has 2 aromatic heterocycles. The molecule has 1 saturated heterocycles. The van der Waals surface area contributed by atoms with E-state index in [9.17, 15) is 14.4 Å². The quantitative estimate of drug-likeness (QED) is 0.362. The summed E-state index contributed by atoms with van der Waals surface area (Å²) in [6.07, 6.45) is 3.11. The predicted molar refractivity (Wildman–Crippen MR) is 140 cm³/mol. The van der Waals surface area contributed by atoms with Crippen LogP contribution in [-0.2, 0) is 20.9 Å². The highest BCUT2D eigenvalue weighted by molar-refractivity contribution is 7.09. The standard InChI is InChI=1S/C27H31N3O7S/c1-34-21-10-9-18(14-23(21)35-2)25(27(33)28-15-19-6-3-11-36-19)30(17-20-7-5-13-38-20)24(31)16-29-26(32)22-8-4-12-37-22/h4-5,7-10,12-14,19,25H,3,6,11,15-17H2,1-2H3,(H,28,33)(H,29,32)/t19-,25-/m1/s1. The summed E-state index contributed by atoms with van der Waals surface area (Å²) in [5.41, 5.74) is 0.537. The van der Waals surface area contributed by atoms with Crippen LogP contribution in [0.5, 0.6) is 11.5 Å².